The third-order valence-electron chi connectivity index (χ3n) is 5.24. The van der Waals surface area contributed by atoms with Gasteiger partial charge in [0.15, 0.2) is 0 Å². The van der Waals surface area contributed by atoms with E-state index in [-0.39, 0.29) is 5.70 Å². The van der Waals surface area contributed by atoms with Crippen molar-refractivity contribution in [3.8, 4) is 5.69 Å². The van der Waals surface area contributed by atoms with Gasteiger partial charge in [-0.1, -0.05) is 23.7 Å². The van der Waals surface area contributed by atoms with Crippen molar-refractivity contribution < 1.29 is 19.1 Å². The number of nitrogens with one attached hydrogen (secondary N) is 1. The number of esters is 1. The number of hydrogen-bond donors (Lipinski definition) is 1. The first kappa shape index (κ1) is 21.4. The summed E-state index contributed by atoms with van der Waals surface area (Å²) in [4.78, 5) is 38.4. The molecule has 1 saturated heterocycles. The van der Waals surface area contributed by atoms with Crippen molar-refractivity contribution in [2.75, 3.05) is 12.0 Å². The maximum Gasteiger partial charge on any atom is 0.337 e. The number of aryl methyl sites for hydroxylation is 1. The van der Waals surface area contributed by atoms with Crippen LogP contribution >= 0.6 is 11.6 Å². The van der Waals surface area contributed by atoms with Gasteiger partial charge in [-0.25, -0.2) is 14.5 Å². The summed E-state index contributed by atoms with van der Waals surface area (Å²) in [5, 5.41) is 3.06. The van der Waals surface area contributed by atoms with E-state index in [0.29, 0.717) is 16.3 Å². The molecule has 0 bridgehead atoms. The Morgan fingerprint density at radius 2 is 1.75 bits per heavy atom. The van der Waals surface area contributed by atoms with Crippen LogP contribution in [0.1, 0.15) is 27.3 Å². The fourth-order valence-electron chi connectivity index (χ4n) is 3.76. The highest BCUT2D eigenvalue weighted by Gasteiger charge is 2.35. The largest absolute Gasteiger partial charge is 0.465 e. The molecule has 1 aromatic heterocycles. The number of rotatable bonds is 4. The van der Waals surface area contributed by atoms with E-state index in [1.807, 2.05) is 30.5 Å². The third kappa shape index (κ3) is 3.78. The summed E-state index contributed by atoms with van der Waals surface area (Å²) in [7, 11) is 1.34. The number of anilines is 1. The lowest BCUT2D eigenvalue weighted by Crippen LogP contribution is -2.30. The van der Waals surface area contributed by atoms with Crippen LogP contribution in [0.5, 0.6) is 0 Å². The Hall–Kier alpha value is -3.84. The number of carbonyl (C=O) groups is 3. The highest BCUT2D eigenvalue weighted by Crippen LogP contribution is 2.27. The summed E-state index contributed by atoms with van der Waals surface area (Å²) in [6.45, 7) is 3.83. The molecule has 2 heterocycles. The van der Waals surface area contributed by atoms with Crippen molar-refractivity contribution in [2.24, 2.45) is 0 Å². The minimum absolute atomic E-state index is 0.165. The topological polar surface area (TPSA) is 80.6 Å². The predicted octanol–water partition coefficient (Wildman–Crippen LogP) is 4.63. The zero-order chi connectivity index (χ0) is 23.0. The molecular weight excluding hydrogens is 430 g/mol. The first-order valence-corrected chi connectivity index (χ1v) is 10.2. The number of ether oxygens (including phenoxy) is 1. The molecule has 7 nitrogen and oxygen atoms in total. The van der Waals surface area contributed by atoms with E-state index in [4.69, 9.17) is 16.3 Å². The van der Waals surface area contributed by atoms with Crippen molar-refractivity contribution in [1.82, 2.24) is 9.88 Å². The van der Waals surface area contributed by atoms with Crippen LogP contribution in [-0.4, -0.2) is 29.6 Å². The van der Waals surface area contributed by atoms with E-state index < -0.39 is 17.9 Å². The average Bonchev–Trinajstić information content (AvgIpc) is 3.21. The summed E-state index contributed by atoms with van der Waals surface area (Å²) in [5.41, 5.74) is 4.30. The zero-order valence-corrected chi connectivity index (χ0v) is 18.4. The minimum atomic E-state index is -0.539. The lowest BCUT2D eigenvalue weighted by molar-refractivity contribution is -0.113. The molecule has 3 aromatic rings. The van der Waals surface area contributed by atoms with Gasteiger partial charge in [-0.05, 0) is 68.0 Å². The number of aromatic nitrogens is 1. The van der Waals surface area contributed by atoms with Crippen LogP contribution in [0.3, 0.4) is 0 Å². The van der Waals surface area contributed by atoms with Crippen LogP contribution in [0.2, 0.25) is 5.02 Å². The molecule has 162 valence electrons. The number of hydrogen-bond acceptors (Lipinski definition) is 4. The predicted molar refractivity (Wildman–Crippen MR) is 122 cm³/mol. The fraction of sp³-hybridized carbons (Fsp3) is 0.125. The van der Waals surface area contributed by atoms with E-state index in [1.54, 1.807) is 48.5 Å². The van der Waals surface area contributed by atoms with Crippen LogP contribution in [-0.2, 0) is 9.53 Å². The first-order valence-electron chi connectivity index (χ1n) is 9.80. The Bertz CT molecular complexity index is 1290. The molecule has 0 spiro atoms. The minimum Gasteiger partial charge on any atom is -0.465 e. The van der Waals surface area contributed by atoms with Crippen LogP contribution in [0, 0.1) is 13.8 Å². The zero-order valence-electron chi connectivity index (χ0n) is 17.7. The van der Waals surface area contributed by atoms with Gasteiger partial charge in [0.05, 0.1) is 18.4 Å². The summed E-state index contributed by atoms with van der Waals surface area (Å²) in [5.74, 6) is -0.883. The second-order valence-electron chi connectivity index (χ2n) is 7.31. The number of nitrogens with zero attached hydrogens (tertiary/aromatic N) is 2. The number of methoxy groups -OCH3 is 1. The second-order valence-corrected chi connectivity index (χ2v) is 7.75. The molecule has 1 aliphatic rings. The Balaban J connectivity index is 1.70. The van der Waals surface area contributed by atoms with Gasteiger partial charge in [0.2, 0.25) is 0 Å². The lowest BCUT2D eigenvalue weighted by atomic mass is 10.2. The Kier molecular flexibility index (Phi) is 5.59. The van der Waals surface area contributed by atoms with Gasteiger partial charge in [0.1, 0.15) is 5.70 Å². The maximum atomic E-state index is 12.9. The van der Waals surface area contributed by atoms with Gasteiger partial charge in [-0.2, -0.15) is 0 Å². The standard InChI is InChI=1S/C24H20ClN3O4/c1-14-10-17(15(2)27(14)19-8-4-6-16(11-19)23(30)32-3)12-21-22(29)28(24(31)26-21)20-9-5-7-18(25)13-20/h4-13H,1-3H3,(H,26,31). The second kappa shape index (κ2) is 8.36. The third-order valence-corrected chi connectivity index (χ3v) is 5.48. The number of imide groups is 1. The van der Waals surface area contributed by atoms with Crippen molar-refractivity contribution in [3.05, 3.63) is 87.8 Å². The summed E-state index contributed by atoms with van der Waals surface area (Å²) in [6.07, 6.45) is 1.65. The van der Waals surface area contributed by atoms with Crippen LogP contribution in [0.4, 0.5) is 10.5 Å². The molecule has 1 aliphatic heterocycles. The van der Waals surface area contributed by atoms with E-state index >= 15 is 0 Å². The SMILES string of the molecule is COC(=O)c1cccc(-n2c(C)cc(C=C3NC(=O)N(c4cccc(Cl)c4)C3=O)c2C)c1. The molecule has 32 heavy (non-hydrogen) atoms. The van der Waals surface area contributed by atoms with Gasteiger partial charge < -0.3 is 14.6 Å². The molecule has 2 aromatic carbocycles. The Morgan fingerprint density at radius 1 is 1.03 bits per heavy atom. The number of benzene rings is 2. The van der Waals surface area contributed by atoms with Crippen molar-refractivity contribution in [3.63, 3.8) is 0 Å². The fourth-order valence-corrected chi connectivity index (χ4v) is 3.95. The maximum absolute atomic E-state index is 12.9. The quantitative estimate of drug-likeness (QED) is 0.357. The van der Waals surface area contributed by atoms with Crippen LogP contribution < -0.4 is 10.2 Å². The highest BCUT2D eigenvalue weighted by atomic mass is 35.5. The molecule has 1 N–H and O–H groups in total. The van der Waals surface area contributed by atoms with Crippen LogP contribution in [0.25, 0.3) is 11.8 Å². The molecule has 0 radical (unpaired) electrons. The molecule has 0 aliphatic carbocycles. The Labute approximate surface area is 189 Å². The number of urea groups is 1. The molecule has 3 amide bonds. The van der Waals surface area contributed by atoms with Crippen molar-refractivity contribution in [2.45, 2.75) is 13.8 Å². The number of amides is 3. The molecule has 8 heteroatoms. The number of carbonyl (C=O) groups excluding carboxylic acids is 3. The average molecular weight is 450 g/mol. The summed E-state index contributed by atoms with van der Waals surface area (Å²) in [6, 6.07) is 15.0. The van der Waals surface area contributed by atoms with Crippen molar-refractivity contribution >= 4 is 41.3 Å². The molecule has 0 saturated carbocycles. The van der Waals surface area contributed by atoms with Gasteiger partial charge >= 0.3 is 12.0 Å². The van der Waals surface area contributed by atoms with Gasteiger partial charge in [0, 0.05) is 22.1 Å². The summed E-state index contributed by atoms with van der Waals surface area (Å²) < 4.78 is 6.78. The lowest BCUT2D eigenvalue weighted by Gasteiger charge is -2.11. The normalized spacial score (nSPS) is 14.8. The molecule has 0 atom stereocenters. The van der Waals surface area contributed by atoms with Gasteiger partial charge in [0.25, 0.3) is 5.91 Å². The van der Waals surface area contributed by atoms with E-state index in [9.17, 15) is 14.4 Å². The van der Waals surface area contributed by atoms with Gasteiger partial charge in [-0.3, -0.25) is 4.79 Å². The molecule has 0 unspecified atom stereocenters. The highest BCUT2D eigenvalue weighted by molar-refractivity contribution is 6.32. The molecule has 4 rings (SSSR count). The van der Waals surface area contributed by atoms with E-state index in [1.165, 1.54) is 7.11 Å². The Morgan fingerprint density at radius 3 is 2.47 bits per heavy atom. The van der Waals surface area contributed by atoms with Gasteiger partial charge in [-0.15, -0.1) is 0 Å². The van der Waals surface area contributed by atoms with Crippen molar-refractivity contribution in [1.29, 1.82) is 0 Å². The van der Waals surface area contributed by atoms with E-state index in [2.05, 4.69) is 5.32 Å². The van der Waals surface area contributed by atoms with E-state index in [0.717, 1.165) is 27.5 Å². The first-order chi connectivity index (χ1) is 15.3. The molecule has 1 fully saturated rings. The summed E-state index contributed by atoms with van der Waals surface area (Å²) >= 11 is 6.01. The van der Waals surface area contributed by atoms with Crippen LogP contribution in [0.15, 0.2) is 60.3 Å². The molecular formula is C24H20ClN3O4. The smallest absolute Gasteiger partial charge is 0.337 e. The monoisotopic (exact) mass is 449 g/mol. The number of halogens is 1.